The molecule has 1 N–H and O–H groups in total. The minimum absolute atomic E-state index is 0.703. The van der Waals surface area contributed by atoms with Gasteiger partial charge in [-0.15, -0.1) is 0 Å². The molecule has 0 radical (unpaired) electrons. The second-order valence-electron chi connectivity index (χ2n) is 5.88. The molecule has 2 aliphatic carbocycles. The Balaban J connectivity index is 1.64. The maximum Gasteiger partial charge on any atom is 0.198 e. The van der Waals surface area contributed by atoms with E-state index < -0.39 is 0 Å². The zero-order valence-corrected chi connectivity index (χ0v) is 11.5. The first kappa shape index (κ1) is 11.5. The van der Waals surface area contributed by atoms with E-state index in [4.69, 9.17) is 16.6 Å². The summed E-state index contributed by atoms with van der Waals surface area (Å²) in [6.45, 7) is 0.979. The summed E-state index contributed by atoms with van der Waals surface area (Å²) in [5.74, 6) is 4.24. The second-order valence-corrected chi connectivity index (χ2v) is 6.26. The van der Waals surface area contributed by atoms with Crippen LogP contribution in [0.1, 0.15) is 25.7 Å². The highest BCUT2D eigenvalue weighted by atomic mass is 32.1. The fourth-order valence-corrected chi connectivity index (χ4v) is 4.12. The van der Waals surface area contributed by atoms with Crippen molar-refractivity contribution in [3.05, 3.63) is 23.2 Å². The van der Waals surface area contributed by atoms with E-state index in [1.807, 2.05) is 12.1 Å². The fourth-order valence-electron chi connectivity index (χ4n) is 3.92. The first-order valence-electron chi connectivity index (χ1n) is 7.00. The van der Waals surface area contributed by atoms with E-state index in [1.54, 1.807) is 6.26 Å². The van der Waals surface area contributed by atoms with Crippen molar-refractivity contribution in [1.29, 1.82) is 0 Å². The highest BCUT2D eigenvalue weighted by molar-refractivity contribution is 7.71. The number of nitrogens with one attached hydrogen (secondary N) is 1. The minimum atomic E-state index is 0.703. The van der Waals surface area contributed by atoms with Gasteiger partial charge in [0.05, 0.1) is 6.26 Å². The lowest BCUT2D eigenvalue weighted by Crippen LogP contribution is -2.18. The molecule has 4 nitrogen and oxygen atoms in total. The molecule has 2 aliphatic rings. The van der Waals surface area contributed by atoms with Crippen LogP contribution in [0.15, 0.2) is 22.8 Å². The lowest BCUT2D eigenvalue weighted by molar-refractivity contribution is 0.295. The molecule has 0 saturated heterocycles. The molecule has 3 atom stereocenters. The number of furan rings is 1. The van der Waals surface area contributed by atoms with E-state index in [0.717, 1.165) is 35.9 Å². The molecule has 3 unspecified atom stereocenters. The molecule has 100 valence electrons. The molecular weight excluding hydrogens is 258 g/mol. The van der Waals surface area contributed by atoms with Crippen molar-refractivity contribution in [3.63, 3.8) is 0 Å². The van der Waals surface area contributed by atoms with E-state index in [1.165, 1.54) is 25.7 Å². The third-order valence-corrected chi connectivity index (χ3v) is 5.11. The fraction of sp³-hybridized carbons (Fsp3) is 0.571. The van der Waals surface area contributed by atoms with Crippen LogP contribution in [0.4, 0.5) is 0 Å². The van der Waals surface area contributed by atoms with Crippen LogP contribution < -0.4 is 0 Å². The molecule has 19 heavy (non-hydrogen) atoms. The molecule has 0 spiro atoms. The van der Waals surface area contributed by atoms with Crippen LogP contribution in [0, 0.1) is 22.5 Å². The minimum Gasteiger partial charge on any atom is -0.461 e. The molecule has 0 aromatic carbocycles. The summed E-state index contributed by atoms with van der Waals surface area (Å²) in [5, 5.41) is 7.21. The zero-order chi connectivity index (χ0) is 12.8. The summed E-state index contributed by atoms with van der Waals surface area (Å²) in [4.78, 5) is 0. The van der Waals surface area contributed by atoms with Gasteiger partial charge in [-0.25, -0.2) is 0 Å². The van der Waals surface area contributed by atoms with Crippen LogP contribution in [-0.2, 0) is 6.54 Å². The molecule has 2 fully saturated rings. The number of H-pyrrole nitrogens is 1. The summed E-state index contributed by atoms with van der Waals surface area (Å²) in [7, 11) is 0. The highest BCUT2D eigenvalue weighted by Gasteiger charge is 2.39. The Bertz CT molecular complexity index is 627. The Labute approximate surface area is 116 Å². The number of nitrogens with zero attached hydrogens (tertiary/aromatic N) is 2. The van der Waals surface area contributed by atoms with E-state index in [9.17, 15) is 0 Å². The molecule has 2 bridgehead atoms. The number of fused-ring (bicyclic) bond motifs is 2. The van der Waals surface area contributed by atoms with Crippen molar-refractivity contribution in [2.75, 3.05) is 0 Å². The van der Waals surface area contributed by atoms with E-state index in [0.29, 0.717) is 4.77 Å². The van der Waals surface area contributed by atoms with Crippen molar-refractivity contribution < 1.29 is 4.42 Å². The monoisotopic (exact) mass is 275 g/mol. The molecule has 2 aromatic heterocycles. The van der Waals surface area contributed by atoms with E-state index in [2.05, 4.69) is 14.8 Å². The van der Waals surface area contributed by atoms with Gasteiger partial charge in [0.15, 0.2) is 16.4 Å². The Morgan fingerprint density at radius 1 is 1.42 bits per heavy atom. The van der Waals surface area contributed by atoms with Crippen LogP contribution >= 0.6 is 12.2 Å². The van der Waals surface area contributed by atoms with Gasteiger partial charge < -0.3 is 4.42 Å². The summed E-state index contributed by atoms with van der Waals surface area (Å²) < 4.78 is 8.26. The molecule has 4 rings (SSSR count). The first-order valence-corrected chi connectivity index (χ1v) is 7.41. The van der Waals surface area contributed by atoms with Crippen molar-refractivity contribution in [2.45, 2.75) is 32.2 Å². The number of rotatable bonds is 3. The van der Waals surface area contributed by atoms with Crippen LogP contribution in [0.5, 0.6) is 0 Å². The van der Waals surface area contributed by atoms with Crippen molar-refractivity contribution in [3.8, 4) is 11.6 Å². The maximum absolute atomic E-state index is 5.45. The average molecular weight is 275 g/mol. The van der Waals surface area contributed by atoms with Crippen LogP contribution in [0.2, 0.25) is 0 Å². The van der Waals surface area contributed by atoms with Gasteiger partial charge in [0.25, 0.3) is 0 Å². The van der Waals surface area contributed by atoms with E-state index >= 15 is 0 Å². The average Bonchev–Trinajstić information content (AvgIpc) is 3.14. The molecule has 0 amide bonds. The number of aromatic amines is 1. The Kier molecular flexibility index (Phi) is 2.62. The van der Waals surface area contributed by atoms with Gasteiger partial charge in [0.2, 0.25) is 0 Å². The highest BCUT2D eigenvalue weighted by Crippen LogP contribution is 2.49. The Morgan fingerprint density at radius 3 is 3.05 bits per heavy atom. The van der Waals surface area contributed by atoms with Gasteiger partial charge in [-0.2, -0.15) is 5.10 Å². The summed E-state index contributed by atoms with van der Waals surface area (Å²) in [6, 6.07) is 3.82. The topological polar surface area (TPSA) is 46.8 Å². The molecular formula is C14H17N3OS. The second kappa shape index (κ2) is 4.34. The van der Waals surface area contributed by atoms with Gasteiger partial charge in [-0.05, 0) is 61.4 Å². The quantitative estimate of drug-likeness (QED) is 0.870. The number of aromatic nitrogens is 3. The van der Waals surface area contributed by atoms with Crippen LogP contribution in [-0.4, -0.2) is 14.8 Å². The summed E-state index contributed by atoms with van der Waals surface area (Å²) in [6.07, 6.45) is 7.29. The molecule has 5 heteroatoms. The number of hydrogen-bond acceptors (Lipinski definition) is 3. The van der Waals surface area contributed by atoms with Gasteiger partial charge in [-0.1, -0.05) is 6.42 Å². The summed E-state index contributed by atoms with van der Waals surface area (Å²) >= 11 is 5.37. The van der Waals surface area contributed by atoms with Gasteiger partial charge >= 0.3 is 0 Å². The zero-order valence-electron chi connectivity index (χ0n) is 10.7. The SMILES string of the molecule is S=c1[nH]nc(-c2ccco2)n1CC1CC2CCC1C2. The smallest absolute Gasteiger partial charge is 0.198 e. The van der Waals surface area contributed by atoms with Gasteiger partial charge in [0.1, 0.15) is 0 Å². The largest absolute Gasteiger partial charge is 0.461 e. The van der Waals surface area contributed by atoms with Crippen LogP contribution in [0.25, 0.3) is 11.6 Å². The van der Waals surface area contributed by atoms with Gasteiger partial charge in [0, 0.05) is 6.54 Å². The predicted molar refractivity (Wildman–Crippen MR) is 74.1 cm³/mol. The van der Waals surface area contributed by atoms with E-state index in [-0.39, 0.29) is 0 Å². The Hall–Kier alpha value is -1.36. The van der Waals surface area contributed by atoms with Crippen molar-refractivity contribution in [1.82, 2.24) is 14.8 Å². The lowest BCUT2D eigenvalue weighted by atomic mass is 9.89. The third-order valence-electron chi connectivity index (χ3n) is 4.80. The predicted octanol–water partition coefficient (Wildman–Crippen LogP) is 3.64. The lowest BCUT2D eigenvalue weighted by Gasteiger charge is -2.22. The van der Waals surface area contributed by atoms with Crippen molar-refractivity contribution in [2.24, 2.45) is 17.8 Å². The molecule has 2 aromatic rings. The molecule has 2 heterocycles. The normalized spacial score (nSPS) is 29.2. The van der Waals surface area contributed by atoms with Crippen LogP contribution in [0.3, 0.4) is 0 Å². The maximum atomic E-state index is 5.45. The number of hydrogen-bond donors (Lipinski definition) is 1. The molecule has 0 aliphatic heterocycles. The standard InChI is InChI=1S/C14H17N3OS/c19-14-16-15-13(12-2-1-5-18-12)17(14)8-11-7-9-3-4-10(11)6-9/h1-2,5,9-11H,3-4,6-8H2,(H,16,19). The molecule has 2 saturated carbocycles. The first-order chi connectivity index (χ1) is 9.31. The summed E-state index contributed by atoms with van der Waals surface area (Å²) in [5.41, 5.74) is 0. The van der Waals surface area contributed by atoms with Crippen molar-refractivity contribution >= 4 is 12.2 Å². The third kappa shape index (κ3) is 1.87. The Morgan fingerprint density at radius 2 is 2.37 bits per heavy atom. The van der Waals surface area contributed by atoms with Gasteiger partial charge in [-0.3, -0.25) is 9.67 Å².